The molecule has 0 spiro atoms. The van der Waals surface area contributed by atoms with E-state index in [0.29, 0.717) is 25.7 Å². The number of amides is 1. The monoisotopic (exact) mass is 347 g/mol. The zero-order chi connectivity index (χ0) is 18.4. The Bertz CT molecular complexity index is 608. The van der Waals surface area contributed by atoms with Crippen LogP contribution in [-0.4, -0.2) is 34.1 Å². The Kier molecular flexibility index (Phi) is 6.56. The van der Waals surface area contributed by atoms with Crippen molar-refractivity contribution in [2.45, 2.75) is 45.1 Å². The first-order valence-corrected chi connectivity index (χ1v) is 8.68. The van der Waals surface area contributed by atoms with Gasteiger partial charge in [-0.05, 0) is 37.2 Å². The molecule has 6 nitrogen and oxygen atoms in total. The summed E-state index contributed by atoms with van der Waals surface area (Å²) in [5.74, 6) is -2.67. The minimum Gasteiger partial charge on any atom is -0.481 e. The smallest absolute Gasteiger partial charge is 0.326 e. The molecule has 1 aliphatic rings. The highest BCUT2D eigenvalue weighted by Gasteiger charge is 2.33. The van der Waals surface area contributed by atoms with Crippen molar-refractivity contribution in [3.8, 4) is 0 Å². The Morgan fingerprint density at radius 2 is 1.64 bits per heavy atom. The highest BCUT2D eigenvalue weighted by Crippen LogP contribution is 2.33. The summed E-state index contributed by atoms with van der Waals surface area (Å²) in [5.41, 5.74) is 0.856. The number of hydrogen-bond donors (Lipinski definition) is 3. The first-order valence-electron chi connectivity index (χ1n) is 8.68. The van der Waals surface area contributed by atoms with Gasteiger partial charge in [0.25, 0.3) is 0 Å². The Labute approximate surface area is 147 Å². The number of hydrogen-bond acceptors (Lipinski definition) is 3. The predicted octanol–water partition coefficient (Wildman–Crippen LogP) is 2.33. The lowest BCUT2D eigenvalue weighted by atomic mass is 9.76. The van der Waals surface area contributed by atoms with E-state index in [1.54, 1.807) is 6.92 Å². The predicted molar refractivity (Wildman–Crippen MR) is 92.0 cm³/mol. The molecule has 6 heteroatoms. The molecule has 1 aliphatic carbocycles. The molecular formula is C19H25NO5. The number of nitrogens with one attached hydrogen (secondary N) is 1. The zero-order valence-corrected chi connectivity index (χ0v) is 14.4. The molecule has 0 aliphatic heterocycles. The van der Waals surface area contributed by atoms with E-state index in [2.05, 4.69) is 5.32 Å². The van der Waals surface area contributed by atoms with Crippen molar-refractivity contribution in [1.82, 2.24) is 5.32 Å². The highest BCUT2D eigenvalue weighted by molar-refractivity contribution is 5.85. The van der Waals surface area contributed by atoms with Crippen molar-refractivity contribution in [3.63, 3.8) is 0 Å². The molecule has 0 radical (unpaired) electrons. The van der Waals surface area contributed by atoms with Gasteiger partial charge in [0.1, 0.15) is 6.04 Å². The standard InChI is InChI=1S/C19H25NO5/c1-12(18(22)23)14-7-9-15(10-8-14)17(21)20-16(19(24)25)11-13-5-3-2-4-6-13/h2-6,12,14-16H,7-11H2,1H3,(H,20,21)(H,22,23)(H,24,25). The fourth-order valence-corrected chi connectivity index (χ4v) is 3.42. The van der Waals surface area contributed by atoms with Gasteiger partial charge in [-0.15, -0.1) is 0 Å². The number of carboxylic acid groups (broad SMARTS) is 2. The van der Waals surface area contributed by atoms with Gasteiger partial charge in [0.2, 0.25) is 5.91 Å². The van der Waals surface area contributed by atoms with Crippen LogP contribution in [-0.2, 0) is 20.8 Å². The van der Waals surface area contributed by atoms with Crippen LogP contribution in [0.2, 0.25) is 0 Å². The molecule has 2 atom stereocenters. The van der Waals surface area contributed by atoms with E-state index in [1.807, 2.05) is 30.3 Å². The molecule has 1 fully saturated rings. The number of carbonyl (C=O) groups is 3. The molecule has 25 heavy (non-hydrogen) atoms. The van der Waals surface area contributed by atoms with E-state index in [9.17, 15) is 19.5 Å². The molecule has 1 amide bonds. The normalized spacial score (nSPS) is 22.6. The molecule has 2 rings (SSSR count). The summed E-state index contributed by atoms with van der Waals surface area (Å²) < 4.78 is 0. The highest BCUT2D eigenvalue weighted by atomic mass is 16.4. The lowest BCUT2D eigenvalue weighted by molar-refractivity contribution is -0.144. The Hall–Kier alpha value is -2.37. The molecule has 0 saturated heterocycles. The molecule has 136 valence electrons. The molecule has 0 bridgehead atoms. The maximum Gasteiger partial charge on any atom is 0.326 e. The van der Waals surface area contributed by atoms with Crippen molar-refractivity contribution in [1.29, 1.82) is 0 Å². The molecule has 1 saturated carbocycles. The van der Waals surface area contributed by atoms with Gasteiger partial charge >= 0.3 is 11.9 Å². The SMILES string of the molecule is CC(C(=O)O)C1CCC(C(=O)NC(Cc2ccccc2)C(=O)O)CC1. The second-order valence-corrected chi connectivity index (χ2v) is 6.83. The van der Waals surface area contributed by atoms with Crippen molar-refractivity contribution < 1.29 is 24.6 Å². The van der Waals surface area contributed by atoms with Gasteiger partial charge in [-0.1, -0.05) is 37.3 Å². The van der Waals surface area contributed by atoms with Gasteiger partial charge < -0.3 is 15.5 Å². The number of aliphatic carboxylic acids is 2. The van der Waals surface area contributed by atoms with Gasteiger partial charge in [-0.2, -0.15) is 0 Å². The summed E-state index contributed by atoms with van der Waals surface area (Å²) >= 11 is 0. The lowest BCUT2D eigenvalue weighted by Gasteiger charge is -2.30. The third-order valence-corrected chi connectivity index (χ3v) is 5.14. The average Bonchev–Trinajstić information content (AvgIpc) is 2.61. The van der Waals surface area contributed by atoms with Crippen LogP contribution in [0.25, 0.3) is 0 Å². The Morgan fingerprint density at radius 3 is 2.16 bits per heavy atom. The average molecular weight is 347 g/mol. The van der Waals surface area contributed by atoms with Crippen molar-refractivity contribution in [3.05, 3.63) is 35.9 Å². The maximum absolute atomic E-state index is 12.4. The molecular weight excluding hydrogens is 322 g/mol. The number of benzene rings is 1. The van der Waals surface area contributed by atoms with E-state index in [0.717, 1.165) is 5.56 Å². The Morgan fingerprint density at radius 1 is 1.04 bits per heavy atom. The van der Waals surface area contributed by atoms with Gasteiger partial charge in [-0.25, -0.2) is 4.79 Å². The van der Waals surface area contributed by atoms with Crippen LogP contribution >= 0.6 is 0 Å². The fourth-order valence-electron chi connectivity index (χ4n) is 3.42. The summed E-state index contributed by atoms with van der Waals surface area (Å²) in [5, 5.41) is 21.1. The van der Waals surface area contributed by atoms with Gasteiger partial charge in [-0.3, -0.25) is 9.59 Å². The summed E-state index contributed by atoms with van der Waals surface area (Å²) in [6.45, 7) is 1.70. The van der Waals surface area contributed by atoms with E-state index in [4.69, 9.17) is 5.11 Å². The number of rotatable bonds is 7. The third-order valence-electron chi connectivity index (χ3n) is 5.14. The van der Waals surface area contributed by atoms with Crippen LogP contribution in [0.15, 0.2) is 30.3 Å². The first kappa shape index (κ1) is 19.0. The molecule has 3 N–H and O–H groups in total. The molecule has 0 aromatic heterocycles. The maximum atomic E-state index is 12.4. The van der Waals surface area contributed by atoms with E-state index in [1.165, 1.54) is 0 Å². The molecule has 1 aromatic carbocycles. The number of carboxylic acids is 2. The quantitative estimate of drug-likeness (QED) is 0.702. The summed E-state index contributed by atoms with van der Waals surface area (Å²) in [4.78, 5) is 34.9. The van der Waals surface area contributed by atoms with Crippen LogP contribution in [0.1, 0.15) is 38.2 Å². The largest absolute Gasteiger partial charge is 0.481 e. The van der Waals surface area contributed by atoms with Crippen LogP contribution in [0.5, 0.6) is 0 Å². The van der Waals surface area contributed by atoms with Crippen molar-refractivity contribution in [2.75, 3.05) is 0 Å². The van der Waals surface area contributed by atoms with Crippen molar-refractivity contribution in [2.24, 2.45) is 17.8 Å². The van der Waals surface area contributed by atoms with Crippen molar-refractivity contribution >= 4 is 17.8 Å². The van der Waals surface area contributed by atoms with Crippen LogP contribution < -0.4 is 5.32 Å². The van der Waals surface area contributed by atoms with Gasteiger partial charge in [0.05, 0.1) is 5.92 Å². The first-order chi connectivity index (χ1) is 11.9. The topological polar surface area (TPSA) is 104 Å². The second-order valence-electron chi connectivity index (χ2n) is 6.83. The Balaban J connectivity index is 1.89. The third kappa shape index (κ3) is 5.31. The summed E-state index contributed by atoms with van der Waals surface area (Å²) in [6.07, 6.45) is 2.81. The molecule has 0 heterocycles. The van der Waals surface area contributed by atoms with Crippen LogP contribution in [0.4, 0.5) is 0 Å². The van der Waals surface area contributed by atoms with Gasteiger partial charge in [0.15, 0.2) is 0 Å². The minimum atomic E-state index is -1.05. The fraction of sp³-hybridized carbons (Fsp3) is 0.526. The van der Waals surface area contributed by atoms with E-state index in [-0.39, 0.29) is 24.2 Å². The van der Waals surface area contributed by atoms with Gasteiger partial charge in [0, 0.05) is 12.3 Å². The molecule has 2 unspecified atom stereocenters. The lowest BCUT2D eigenvalue weighted by Crippen LogP contribution is -2.45. The minimum absolute atomic E-state index is 0.0844. The van der Waals surface area contributed by atoms with E-state index >= 15 is 0 Å². The zero-order valence-electron chi connectivity index (χ0n) is 14.4. The summed E-state index contributed by atoms with van der Waals surface area (Å²) in [6, 6.07) is 8.24. The number of carbonyl (C=O) groups excluding carboxylic acids is 1. The van der Waals surface area contributed by atoms with E-state index < -0.39 is 23.9 Å². The second kappa shape index (κ2) is 8.65. The molecule has 1 aromatic rings. The van der Waals surface area contributed by atoms with Crippen LogP contribution in [0, 0.1) is 17.8 Å². The van der Waals surface area contributed by atoms with Crippen LogP contribution in [0.3, 0.4) is 0 Å². The summed E-state index contributed by atoms with van der Waals surface area (Å²) in [7, 11) is 0.